The lowest BCUT2D eigenvalue weighted by Crippen LogP contribution is -2.16. The van der Waals surface area contributed by atoms with Crippen molar-refractivity contribution in [2.75, 3.05) is 12.4 Å². The van der Waals surface area contributed by atoms with E-state index in [1.165, 1.54) is 12.8 Å². The Morgan fingerprint density at radius 2 is 2.12 bits per heavy atom. The van der Waals surface area contributed by atoms with Gasteiger partial charge in [-0.3, -0.25) is 9.62 Å². The molecule has 0 amide bonds. The third-order valence-electron chi connectivity index (χ3n) is 4.78. The predicted molar refractivity (Wildman–Crippen MR) is 102 cm³/mol. The van der Waals surface area contributed by atoms with Crippen LogP contribution in [0.3, 0.4) is 0 Å². The van der Waals surface area contributed by atoms with Gasteiger partial charge in [0, 0.05) is 35.0 Å². The quantitative estimate of drug-likeness (QED) is 0.717. The Labute approximate surface area is 154 Å². The molecule has 136 valence electrons. The Hall–Kier alpha value is -2.34. The molecule has 4 rings (SSSR count). The first-order valence-electron chi connectivity index (χ1n) is 8.85. The fourth-order valence-electron chi connectivity index (χ4n) is 3.05. The molecule has 1 aliphatic carbocycles. The maximum atomic E-state index is 12.3. The molecule has 1 unspecified atom stereocenters. The summed E-state index contributed by atoms with van der Waals surface area (Å²) in [5.74, 6) is 1.98. The van der Waals surface area contributed by atoms with Gasteiger partial charge in [0.2, 0.25) is 0 Å². The molecule has 5 nitrogen and oxygen atoms in total. The predicted octanol–water partition coefficient (Wildman–Crippen LogP) is 3.83. The average molecular weight is 370 g/mol. The number of hydrogen-bond acceptors (Lipinski definition) is 4. The summed E-state index contributed by atoms with van der Waals surface area (Å²) in [6.07, 6.45) is 5.92. The zero-order valence-corrected chi connectivity index (χ0v) is 15.8. The van der Waals surface area contributed by atoms with Crippen molar-refractivity contribution in [2.45, 2.75) is 24.7 Å². The second-order valence-electron chi connectivity index (χ2n) is 6.71. The molecule has 3 aromatic rings. The molecule has 1 saturated carbocycles. The smallest absolute Gasteiger partial charge is 0.146 e. The Morgan fingerprint density at radius 3 is 2.85 bits per heavy atom. The number of furan rings is 1. The SMILES string of the molecule is CCS(=O)c1ccc(OCC2CC2)c(-c2cn(C)c(=N)c3ccoc23)c1. The number of aryl methyl sites for hydroxylation is 1. The van der Waals surface area contributed by atoms with Crippen molar-refractivity contribution in [3.63, 3.8) is 0 Å². The Morgan fingerprint density at radius 1 is 1.31 bits per heavy atom. The van der Waals surface area contributed by atoms with E-state index in [1.54, 1.807) is 16.9 Å². The van der Waals surface area contributed by atoms with E-state index in [-0.39, 0.29) is 0 Å². The molecule has 0 aliphatic heterocycles. The first-order valence-corrected chi connectivity index (χ1v) is 10.2. The van der Waals surface area contributed by atoms with Gasteiger partial charge in [0.25, 0.3) is 0 Å². The minimum absolute atomic E-state index is 0.395. The van der Waals surface area contributed by atoms with Crippen LogP contribution >= 0.6 is 0 Å². The van der Waals surface area contributed by atoms with Crippen LogP contribution < -0.4 is 10.2 Å². The van der Waals surface area contributed by atoms with Gasteiger partial charge >= 0.3 is 0 Å². The maximum Gasteiger partial charge on any atom is 0.146 e. The van der Waals surface area contributed by atoms with Crippen molar-refractivity contribution in [3.05, 3.63) is 42.2 Å². The summed E-state index contributed by atoms with van der Waals surface area (Å²) < 4.78 is 25.9. The van der Waals surface area contributed by atoms with Crippen LogP contribution in [0.1, 0.15) is 19.8 Å². The molecule has 1 aromatic carbocycles. The summed E-state index contributed by atoms with van der Waals surface area (Å²) in [7, 11) is 0.797. The van der Waals surface area contributed by atoms with Crippen molar-refractivity contribution >= 4 is 21.8 Å². The molecule has 1 fully saturated rings. The van der Waals surface area contributed by atoms with Gasteiger partial charge < -0.3 is 13.7 Å². The fourth-order valence-corrected chi connectivity index (χ4v) is 3.85. The number of rotatable bonds is 6. The van der Waals surface area contributed by atoms with Crippen LogP contribution in [0.4, 0.5) is 0 Å². The molecule has 2 heterocycles. The van der Waals surface area contributed by atoms with Gasteiger partial charge in [0.15, 0.2) is 0 Å². The highest BCUT2D eigenvalue weighted by Gasteiger charge is 2.23. The van der Waals surface area contributed by atoms with Gasteiger partial charge in [-0.15, -0.1) is 0 Å². The second-order valence-corrected chi connectivity index (χ2v) is 8.45. The highest BCUT2D eigenvalue weighted by molar-refractivity contribution is 7.85. The van der Waals surface area contributed by atoms with Crippen LogP contribution in [-0.2, 0) is 17.8 Å². The summed E-state index contributed by atoms with van der Waals surface area (Å²) in [5, 5.41) is 8.98. The third kappa shape index (κ3) is 3.09. The normalized spacial score (nSPS) is 15.3. The average Bonchev–Trinajstić information content (AvgIpc) is 3.36. The third-order valence-corrected chi connectivity index (χ3v) is 6.08. The highest BCUT2D eigenvalue weighted by Crippen LogP contribution is 2.37. The molecule has 1 atom stereocenters. The molecule has 2 aromatic heterocycles. The van der Waals surface area contributed by atoms with Crippen LogP contribution in [0.25, 0.3) is 22.1 Å². The van der Waals surface area contributed by atoms with Gasteiger partial charge in [-0.2, -0.15) is 0 Å². The number of nitrogens with one attached hydrogen (secondary N) is 1. The first kappa shape index (κ1) is 17.1. The zero-order valence-electron chi connectivity index (χ0n) is 15.0. The molecule has 0 spiro atoms. The minimum Gasteiger partial charge on any atom is -0.493 e. The molecule has 0 bridgehead atoms. The van der Waals surface area contributed by atoms with E-state index >= 15 is 0 Å². The molecule has 1 N–H and O–H groups in total. The molecular formula is C20H22N2O3S. The summed E-state index contributed by atoms with van der Waals surface area (Å²) in [5.41, 5.74) is 2.76. The van der Waals surface area contributed by atoms with Crippen LogP contribution in [0.5, 0.6) is 5.75 Å². The summed E-state index contributed by atoms with van der Waals surface area (Å²) in [6.45, 7) is 2.61. The number of pyridine rings is 1. The number of ether oxygens (including phenoxy) is 1. The van der Waals surface area contributed by atoms with E-state index in [0.717, 1.165) is 27.2 Å². The van der Waals surface area contributed by atoms with E-state index in [2.05, 4.69) is 0 Å². The Kier molecular flexibility index (Phi) is 4.44. The maximum absolute atomic E-state index is 12.3. The number of nitrogens with zero attached hydrogens (tertiary/aromatic N) is 1. The molecule has 26 heavy (non-hydrogen) atoms. The van der Waals surface area contributed by atoms with Crippen LogP contribution in [0.15, 0.2) is 46.0 Å². The van der Waals surface area contributed by atoms with Crippen molar-refractivity contribution in [2.24, 2.45) is 13.0 Å². The van der Waals surface area contributed by atoms with Crippen LogP contribution in [0.2, 0.25) is 0 Å². The van der Waals surface area contributed by atoms with Crippen LogP contribution in [0, 0.1) is 11.3 Å². The molecule has 0 saturated heterocycles. The summed E-state index contributed by atoms with van der Waals surface area (Å²) in [6, 6.07) is 7.52. The molecule has 0 radical (unpaired) electrons. The number of benzene rings is 1. The zero-order chi connectivity index (χ0) is 18.3. The lowest BCUT2D eigenvalue weighted by molar-refractivity contribution is 0.301. The van der Waals surface area contributed by atoms with Gasteiger partial charge in [0.1, 0.15) is 16.8 Å². The first-order chi connectivity index (χ1) is 12.6. The standard InChI is InChI=1S/C20H22N2O3S/c1-3-26(23)14-6-7-18(25-12-13-4-5-13)16(10-14)17-11-22(2)20(21)15-8-9-24-19(15)17/h6-11,13,21H,3-5,12H2,1-2H3. The Bertz CT molecular complexity index is 1050. The summed E-state index contributed by atoms with van der Waals surface area (Å²) in [4.78, 5) is 0.776. The molecular weight excluding hydrogens is 348 g/mol. The molecule has 6 heteroatoms. The van der Waals surface area contributed by atoms with Gasteiger partial charge in [-0.1, -0.05) is 6.92 Å². The van der Waals surface area contributed by atoms with E-state index in [1.807, 2.05) is 38.4 Å². The topological polar surface area (TPSA) is 68.2 Å². The fraction of sp³-hybridized carbons (Fsp3) is 0.350. The highest BCUT2D eigenvalue weighted by atomic mass is 32.2. The second kappa shape index (κ2) is 6.76. The van der Waals surface area contributed by atoms with E-state index in [9.17, 15) is 4.21 Å². The number of fused-ring (bicyclic) bond motifs is 1. The van der Waals surface area contributed by atoms with Crippen molar-refractivity contribution in [1.82, 2.24) is 4.57 Å². The molecule has 1 aliphatic rings. The summed E-state index contributed by atoms with van der Waals surface area (Å²) >= 11 is 0. The van der Waals surface area contributed by atoms with Gasteiger partial charge in [-0.25, -0.2) is 0 Å². The van der Waals surface area contributed by atoms with Gasteiger partial charge in [-0.05, 0) is 43.0 Å². The lowest BCUT2D eigenvalue weighted by atomic mass is 10.0. The van der Waals surface area contributed by atoms with E-state index < -0.39 is 10.8 Å². The monoisotopic (exact) mass is 370 g/mol. The largest absolute Gasteiger partial charge is 0.493 e. The van der Waals surface area contributed by atoms with Crippen molar-refractivity contribution < 1.29 is 13.4 Å². The van der Waals surface area contributed by atoms with Crippen molar-refractivity contribution in [1.29, 1.82) is 5.41 Å². The van der Waals surface area contributed by atoms with E-state index in [0.29, 0.717) is 29.3 Å². The van der Waals surface area contributed by atoms with Crippen molar-refractivity contribution in [3.8, 4) is 16.9 Å². The van der Waals surface area contributed by atoms with Gasteiger partial charge in [0.05, 0.1) is 29.1 Å². The minimum atomic E-state index is -1.05. The van der Waals surface area contributed by atoms with Crippen LogP contribution in [-0.4, -0.2) is 21.1 Å². The van der Waals surface area contributed by atoms with E-state index in [4.69, 9.17) is 14.6 Å². The number of aromatic nitrogens is 1. The lowest BCUT2D eigenvalue weighted by Gasteiger charge is -2.14. The Balaban J connectivity index is 1.90. The number of hydrogen-bond donors (Lipinski definition) is 1.